The van der Waals surface area contributed by atoms with Gasteiger partial charge in [0.2, 0.25) is 5.91 Å². The van der Waals surface area contributed by atoms with Crippen molar-refractivity contribution in [1.82, 2.24) is 4.90 Å². The normalized spacial score (nSPS) is 22.9. The Hall–Kier alpha value is -1.53. The van der Waals surface area contributed by atoms with Gasteiger partial charge >= 0.3 is 0 Å². The molecule has 0 saturated carbocycles. The highest BCUT2D eigenvalue weighted by molar-refractivity contribution is 7.80. The molecule has 0 spiro atoms. The molecule has 4 nitrogen and oxygen atoms in total. The number of carbonyl (C=O) groups excluding carboxylic acids is 1. The molecule has 0 radical (unpaired) electrons. The number of likely N-dealkylation sites (tertiary alicyclic amines) is 1. The van der Waals surface area contributed by atoms with Crippen LogP contribution in [0.1, 0.15) is 24.5 Å². The van der Waals surface area contributed by atoms with Crippen LogP contribution in [-0.2, 0) is 11.3 Å². The zero-order chi connectivity index (χ0) is 14.9. The van der Waals surface area contributed by atoms with Crippen molar-refractivity contribution < 1.29 is 9.18 Å². The van der Waals surface area contributed by atoms with E-state index < -0.39 is 5.41 Å². The quantitative estimate of drug-likeness (QED) is 0.818. The van der Waals surface area contributed by atoms with Crippen LogP contribution in [0.4, 0.5) is 4.39 Å². The van der Waals surface area contributed by atoms with Crippen LogP contribution in [0.25, 0.3) is 0 Å². The molecule has 2 rings (SSSR count). The lowest BCUT2D eigenvalue weighted by molar-refractivity contribution is -0.126. The molecular weight excluding hydrogens is 277 g/mol. The summed E-state index contributed by atoms with van der Waals surface area (Å²) in [6.45, 7) is 3.81. The van der Waals surface area contributed by atoms with Crippen molar-refractivity contribution in [2.24, 2.45) is 16.9 Å². The average Bonchev–Trinajstić information content (AvgIpc) is 2.74. The van der Waals surface area contributed by atoms with E-state index in [-0.39, 0.29) is 16.7 Å². The lowest BCUT2D eigenvalue weighted by Crippen LogP contribution is -2.37. The second kappa shape index (κ2) is 5.46. The smallest absolute Gasteiger partial charge is 0.224 e. The molecule has 1 aliphatic heterocycles. The summed E-state index contributed by atoms with van der Waals surface area (Å²) in [5.74, 6) is -0.645. The Morgan fingerprint density at radius 2 is 2.20 bits per heavy atom. The van der Waals surface area contributed by atoms with Crippen LogP contribution in [-0.4, -0.2) is 28.9 Å². The molecule has 1 aromatic carbocycles. The molecule has 1 amide bonds. The summed E-state index contributed by atoms with van der Waals surface area (Å²) in [5, 5.41) is 0. The minimum Gasteiger partial charge on any atom is -0.389 e. The predicted molar refractivity (Wildman–Crippen MR) is 79.5 cm³/mol. The van der Waals surface area contributed by atoms with Crippen LogP contribution in [0.2, 0.25) is 0 Å². The SMILES string of the molecule is CC1(C(N)=O)CCN(Cc2ccc(F)cc2C(N)=S)C1. The van der Waals surface area contributed by atoms with Gasteiger partial charge in [0.1, 0.15) is 10.8 Å². The number of primary amides is 1. The van der Waals surface area contributed by atoms with E-state index >= 15 is 0 Å². The molecular formula is C14H18FN3OS. The molecule has 0 aliphatic carbocycles. The van der Waals surface area contributed by atoms with Crippen molar-refractivity contribution in [3.63, 3.8) is 0 Å². The van der Waals surface area contributed by atoms with Crippen LogP contribution in [0.15, 0.2) is 18.2 Å². The highest BCUT2D eigenvalue weighted by atomic mass is 32.1. The zero-order valence-electron chi connectivity index (χ0n) is 11.4. The van der Waals surface area contributed by atoms with E-state index in [1.807, 2.05) is 6.92 Å². The summed E-state index contributed by atoms with van der Waals surface area (Å²) in [6.07, 6.45) is 0.728. The fraction of sp³-hybridized carbons (Fsp3) is 0.429. The lowest BCUT2D eigenvalue weighted by atomic mass is 9.89. The molecule has 1 fully saturated rings. The number of hydrogen-bond donors (Lipinski definition) is 2. The van der Waals surface area contributed by atoms with E-state index in [0.29, 0.717) is 18.7 Å². The van der Waals surface area contributed by atoms with Gasteiger partial charge in [-0.1, -0.05) is 18.3 Å². The maximum absolute atomic E-state index is 13.3. The Balaban J connectivity index is 2.16. The van der Waals surface area contributed by atoms with Crippen molar-refractivity contribution in [3.05, 3.63) is 35.1 Å². The standard InChI is InChI=1S/C14H18FN3OS/c1-14(13(17)19)4-5-18(8-14)7-9-2-3-10(15)6-11(9)12(16)20/h2-3,6H,4-5,7-8H2,1H3,(H2,16,20)(H2,17,19). The summed E-state index contributed by atoms with van der Waals surface area (Å²) >= 11 is 4.96. The minimum atomic E-state index is -0.497. The van der Waals surface area contributed by atoms with Gasteiger partial charge in [0.05, 0.1) is 5.41 Å². The molecule has 1 aromatic rings. The van der Waals surface area contributed by atoms with Crippen molar-refractivity contribution in [3.8, 4) is 0 Å². The van der Waals surface area contributed by atoms with Gasteiger partial charge in [0.15, 0.2) is 0 Å². The Morgan fingerprint density at radius 1 is 1.50 bits per heavy atom. The number of halogens is 1. The molecule has 4 N–H and O–H groups in total. The van der Waals surface area contributed by atoms with Crippen LogP contribution in [0.3, 0.4) is 0 Å². The fourth-order valence-electron chi connectivity index (χ4n) is 2.55. The molecule has 1 unspecified atom stereocenters. The third-order valence-corrected chi connectivity index (χ3v) is 4.10. The van der Waals surface area contributed by atoms with Crippen molar-refractivity contribution >= 4 is 23.1 Å². The van der Waals surface area contributed by atoms with Gasteiger partial charge in [0.25, 0.3) is 0 Å². The second-order valence-electron chi connectivity index (χ2n) is 5.55. The molecule has 1 heterocycles. The molecule has 1 aliphatic rings. The lowest BCUT2D eigenvalue weighted by Gasteiger charge is -2.21. The monoisotopic (exact) mass is 295 g/mol. The first-order chi connectivity index (χ1) is 9.32. The van der Waals surface area contributed by atoms with Gasteiger partial charge in [0, 0.05) is 18.7 Å². The van der Waals surface area contributed by atoms with Crippen molar-refractivity contribution in [1.29, 1.82) is 0 Å². The van der Waals surface area contributed by atoms with Crippen LogP contribution >= 0.6 is 12.2 Å². The summed E-state index contributed by atoms with van der Waals surface area (Å²) in [6, 6.07) is 4.42. The van der Waals surface area contributed by atoms with E-state index in [0.717, 1.165) is 18.5 Å². The topological polar surface area (TPSA) is 72.4 Å². The number of rotatable bonds is 4. The Morgan fingerprint density at radius 3 is 2.75 bits per heavy atom. The first-order valence-corrected chi connectivity index (χ1v) is 6.83. The summed E-state index contributed by atoms with van der Waals surface area (Å²) in [4.78, 5) is 13.7. The number of carbonyl (C=O) groups is 1. The largest absolute Gasteiger partial charge is 0.389 e. The molecule has 0 aromatic heterocycles. The van der Waals surface area contributed by atoms with E-state index in [2.05, 4.69) is 4.90 Å². The third kappa shape index (κ3) is 2.96. The molecule has 6 heteroatoms. The van der Waals surface area contributed by atoms with Gasteiger partial charge in [-0.05, 0) is 37.6 Å². The third-order valence-electron chi connectivity index (χ3n) is 3.88. The summed E-state index contributed by atoms with van der Waals surface area (Å²) < 4.78 is 13.3. The maximum Gasteiger partial charge on any atom is 0.224 e. The number of thiocarbonyl (C=S) groups is 1. The highest BCUT2D eigenvalue weighted by Gasteiger charge is 2.38. The molecule has 108 valence electrons. The summed E-state index contributed by atoms with van der Waals surface area (Å²) in [5.41, 5.74) is 12.0. The zero-order valence-corrected chi connectivity index (χ0v) is 12.2. The van der Waals surface area contributed by atoms with E-state index in [1.54, 1.807) is 6.07 Å². The molecule has 0 bridgehead atoms. The summed E-state index contributed by atoms with van der Waals surface area (Å²) in [7, 11) is 0. The van der Waals surface area contributed by atoms with E-state index in [4.69, 9.17) is 23.7 Å². The van der Waals surface area contributed by atoms with Gasteiger partial charge in [-0.3, -0.25) is 9.69 Å². The highest BCUT2D eigenvalue weighted by Crippen LogP contribution is 2.30. The Kier molecular flexibility index (Phi) is 4.06. The van der Waals surface area contributed by atoms with Gasteiger partial charge in [-0.2, -0.15) is 0 Å². The Bertz CT molecular complexity index is 563. The first kappa shape index (κ1) is 14.9. The van der Waals surface area contributed by atoms with Gasteiger partial charge < -0.3 is 11.5 Å². The fourth-order valence-corrected chi connectivity index (χ4v) is 2.74. The van der Waals surface area contributed by atoms with Gasteiger partial charge in [-0.15, -0.1) is 0 Å². The van der Waals surface area contributed by atoms with Gasteiger partial charge in [-0.25, -0.2) is 4.39 Å². The van der Waals surface area contributed by atoms with Crippen molar-refractivity contribution in [2.45, 2.75) is 19.9 Å². The predicted octanol–water partition coefficient (Wildman–Crippen LogP) is 1.16. The first-order valence-electron chi connectivity index (χ1n) is 6.42. The Labute approximate surface area is 122 Å². The number of amides is 1. The molecule has 1 atom stereocenters. The minimum absolute atomic E-state index is 0.177. The maximum atomic E-state index is 13.3. The number of benzene rings is 1. The van der Waals surface area contributed by atoms with E-state index in [9.17, 15) is 9.18 Å². The molecule has 1 saturated heterocycles. The number of nitrogens with two attached hydrogens (primary N) is 2. The molecule has 20 heavy (non-hydrogen) atoms. The van der Waals surface area contributed by atoms with Crippen LogP contribution in [0, 0.1) is 11.2 Å². The van der Waals surface area contributed by atoms with E-state index in [1.165, 1.54) is 12.1 Å². The van der Waals surface area contributed by atoms with Crippen LogP contribution < -0.4 is 11.5 Å². The number of hydrogen-bond acceptors (Lipinski definition) is 3. The number of nitrogens with zero attached hydrogens (tertiary/aromatic N) is 1. The average molecular weight is 295 g/mol. The van der Waals surface area contributed by atoms with Crippen molar-refractivity contribution in [2.75, 3.05) is 13.1 Å². The van der Waals surface area contributed by atoms with Crippen LogP contribution in [0.5, 0.6) is 0 Å². The second-order valence-corrected chi connectivity index (χ2v) is 5.99.